The third kappa shape index (κ3) is 4.51. The highest BCUT2D eigenvalue weighted by Gasteiger charge is 2.28. The zero-order chi connectivity index (χ0) is 15.1. The van der Waals surface area contributed by atoms with Crippen LogP contribution in [0.15, 0.2) is 24.4 Å². The van der Waals surface area contributed by atoms with Crippen LogP contribution in [0.1, 0.15) is 5.69 Å². The van der Waals surface area contributed by atoms with Gasteiger partial charge in [0.15, 0.2) is 0 Å². The first-order valence-electron chi connectivity index (χ1n) is 6.88. The predicted molar refractivity (Wildman–Crippen MR) is 76.3 cm³/mol. The number of carbonyl (C=O) groups is 2. The van der Waals surface area contributed by atoms with Crippen molar-refractivity contribution >= 4 is 11.8 Å². The molecule has 1 saturated heterocycles. The molecule has 7 nitrogen and oxygen atoms in total. The van der Waals surface area contributed by atoms with Gasteiger partial charge in [0.1, 0.15) is 6.04 Å². The van der Waals surface area contributed by atoms with Crippen LogP contribution in [0.5, 0.6) is 0 Å². The lowest BCUT2D eigenvalue weighted by Crippen LogP contribution is -2.58. The van der Waals surface area contributed by atoms with E-state index in [1.54, 1.807) is 18.2 Å². The van der Waals surface area contributed by atoms with Gasteiger partial charge < -0.3 is 15.0 Å². The van der Waals surface area contributed by atoms with Crippen LogP contribution in [0.25, 0.3) is 0 Å². The molecule has 7 heteroatoms. The van der Waals surface area contributed by atoms with Crippen LogP contribution in [-0.4, -0.2) is 61.1 Å². The lowest BCUT2D eigenvalue weighted by atomic mass is 10.2. The molecule has 0 radical (unpaired) electrons. The minimum absolute atomic E-state index is 0.0577. The first-order valence-corrected chi connectivity index (χ1v) is 6.88. The zero-order valence-corrected chi connectivity index (χ0v) is 12.0. The van der Waals surface area contributed by atoms with Gasteiger partial charge in [-0.05, 0) is 12.1 Å². The number of amides is 2. The Labute approximate surface area is 123 Å². The van der Waals surface area contributed by atoms with Gasteiger partial charge in [-0.2, -0.15) is 0 Å². The molecule has 0 bridgehead atoms. The molecular formula is C14H20N4O3. The van der Waals surface area contributed by atoms with E-state index in [-0.39, 0.29) is 18.4 Å². The van der Waals surface area contributed by atoms with Gasteiger partial charge in [-0.3, -0.25) is 19.9 Å². The van der Waals surface area contributed by atoms with Crippen molar-refractivity contribution in [1.82, 2.24) is 20.5 Å². The number of rotatable bonds is 6. The summed E-state index contributed by atoms with van der Waals surface area (Å²) in [6.07, 6.45) is 1.70. The quantitative estimate of drug-likeness (QED) is 0.713. The molecule has 2 rings (SSSR count). The molecule has 1 aliphatic heterocycles. The van der Waals surface area contributed by atoms with E-state index >= 15 is 0 Å². The van der Waals surface area contributed by atoms with Crippen molar-refractivity contribution in [2.45, 2.75) is 12.6 Å². The second-order valence-electron chi connectivity index (χ2n) is 4.81. The fourth-order valence-electron chi connectivity index (χ4n) is 2.12. The molecule has 2 amide bonds. The first kappa shape index (κ1) is 15.4. The van der Waals surface area contributed by atoms with Crippen LogP contribution in [0.4, 0.5) is 0 Å². The number of aromatic nitrogens is 1. The lowest BCUT2D eigenvalue weighted by molar-refractivity contribution is -0.136. The maximum atomic E-state index is 12.5. The van der Waals surface area contributed by atoms with E-state index in [1.165, 1.54) is 0 Å². The van der Waals surface area contributed by atoms with E-state index in [9.17, 15) is 9.59 Å². The average Bonchev–Trinajstić information content (AvgIpc) is 2.52. The number of methoxy groups -OCH3 is 1. The number of hydrogen-bond donors (Lipinski definition) is 2. The molecule has 114 valence electrons. The van der Waals surface area contributed by atoms with Gasteiger partial charge in [0.25, 0.3) is 0 Å². The first-order chi connectivity index (χ1) is 10.2. The smallest absolute Gasteiger partial charge is 0.241 e. The highest BCUT2D eigenvalue weighted by molar-refractivity contribution is 5.86. The van der Waals surface area contributed by atoms with Crippen LogP contribution in [-0.2, 0) is 20.9 Å². The number of pyridine rings is 1. The standard InChI is InChI=1S/C14H20N4O3/c1-21-7-6-18(10-11-4-2-3-5-15-11)14(20)12-8-17-13(19)9-16-12/h2-5,12,16H,6-10H2,1H3,(H,17,19). The van der Waals surface area contributed by atoms with E-state index in [2.05, 4.69) is 15.6 Å². The second kappa shape index (κ2) is 7.70. The summed E-state index contributed by atoms with van der Waals surface area (Å²) in [5.41, 5.74) is 0.821. The van der Waals surface area contributed by atoms with Gasteiger partial charge in [-0.15, -0.1) is 0 Å². The molecule has 1 aromatic rings. The molecule has 2 N–H and O–H groups in total. The molecule has 1 unspecified atom stereocenters. The molecular weight excluding hydrogens is 272 g/mol. The predicted octanol–water partition coefficient (Wildman–Crippen LogP) is -0.855. The third-order valence-corrected chi connectivity index (χ3v) is 3.27. The lowest BCUT2D eigenvalue weighted by Gasteiger charge is -2.29. The summed E-state index contributed by atoms with van der Waals surface area (Å²) in [6, 6.07) is 5.20. The van der Waals surface area contributed by atoms with Gasteiger partial charge in [0, 0.05) is 26.4 Å². The fourth-order valence-corrected chi connectivity index (χ4v) is 2.12. The van der Waals surface area contributed by atoms with Crippen molar-refractivity contribution in [3.63, 3.8) is 0 Å². The van der Waals surface area contributed by atoms with Crippen LogP contribution < -0.4 is 10.6 Å². The van der Waals surface area contributed by atoms with Crippen molar-refractivity contribution in [1.29, 1.82) is 0 Å². The monoisotopic (exact) mass is 292 g/mol. The maximum Gasteiger partial charge on any atom is 0.241 e. The van der Waals surface area contributed by atoms with E-state index in [4.69, 9.17) is 4.74 Å². The Morgan fingerprint density at radius 3 is 3.00 bits per heavy atom. The number of hydrogen-bond acceptors (Lipinski definition) is 5. The Kier molecular flexibility index (Phi) is 5.65. The Morgan fingerprint density at radius 2 is 2.38 bits per heavy atom. The normalized spacial score (nSPS) is 18.1. The summed E-state index contributed by atoms with van der Waals surface area (Å²) in [5.74, 6) is -0.148. The minimum Gasteiger partial charge on any atom is -0.383 e. The summed E-state index contributed by atoms with van der Waals surface area (Å²) >= 11 is 0. The van der Waals surface area contributed by atoms with Gasteiger partial charge in [0.05, 0.1) is 25.4 Å². The van der Waals surface area contributed by atoms with Gasteiger partial charge in [0.2, 0.25) is 11.8 Å². The summed E-state index contributed by atoms with van der Waals surface area (Å²) < 4.78 is 5.06. The van der Waals surface area contributed by atoms with E-state index in [1.807, 2.05) is 18.2 Å². The van der Waals surface area contributed by atoms with Crippen LogP contribution in [0.2, 0.25) is 0 Å². The van der Waals surface area contributed by atoms with Crippen LogP contribution >= 0.6 is 0 Å². The summed E-state index contributed by atoms with van der Waals surface area (Å²) in [5, 5.41) is 5.64. The number of carbonyl (C=O) groups excluding carboxylic acids is 2. The van der Waals surface area contributed by atoms with Gasteiger partial charge >= 0.3 is 0 Å². The summed E-state index contributed by atoms with van der Waals surface area (Å²) in [6.45, 7) is 1.84. The SMILES string of the molecule is COCCN(Cc1ccccn1)C(=O)C1CNC(=O)CN1. The van der Waals surface area contributed by atoms with Crippen molar-refractivity contribution < 1.29 is 14.3 Å². The number of ether oxygens (including phenoxy) is 1. The molecule has 0 aliphatic carbocycles. The van der Waals surface area contributed by atoms with E-state index in [0.717, 1.165) is 5.69 Å². The Bertz CT molecular complexity index is 470. The fraction of sp³-hybridized carbons (Fsp3) is 0.500. The van der Waals surface area contributed by atoms with Crippen LogP contribution in [0, 0.1) is 0 Å². The molecule has 1 aromatic heterocycles. The molecule has 2 heterocycles. The molecule has 1 atom stereocenters. The van der Waals surface area contributed by atoms with Gasteiger partial charge in [-0.25, -0.2) is 0 Å². The Balaban J connectivity index is 2.00. The molecule has 21 heavy (non-hydrogen) atoms. The van der Waals surface area contributed by atoms with E-state index in [0.29, 0.717) is 26.2 Å². The topological polar surface area (TPSA) is 83.6 Å². The van der Waals surface area contributed by atoms with Crippen LogP contribution in [0.3, 0.4) is 0 Å². The second-order valence-corrected chi connectivity index (χ2v) is 4.81. The molecule has 0 spiro atoms. The minimum atomic E-state index is -0.400. The van der Waals surface area contributed by atoms with E-state index < -0.39 is 6.04 Å². The third-order valence-electron chi connectivity index (χ3n) is 3.27. The van der Waals surface area contributed by atoms with Gasteiger partial charge in [-0.1, -0.05) is 6.07 Å². The van der Waals surface area contributed by atoms with Crippen molar-refractivity contribution in [2.24, 2.45) is 0 Å². The van der Waals surface area contributed by atoms with Crippen molar-refractivity contribution in [2.75, 3.05) is 33.4 Å². The summed E-state index contributed by atoms with van der Waals surface area (Å²) in [4.78, 5) is 29.6. The van der Waals surface area contributed by atoms with Crippen molar-refractivity contribution in [3.8, 4) is 0 Å². The summed E-state index contributed by atoms with van der Waals surface area (Å²) in [7, 11) is 1.60. The highest BCUT2D eigenvalue weighted by Crippen LogP contribution is 2.05. The number of nitrogens with one attached hydrogen (secondary N) is 2. The maximum absolute atomic E-state index is 12.5. The van der Waals surface area contributed by atoms with Crippen molar-refractivity contribution in [3.05, 3.63) is 30.1 Å². The highest BCUT2D eigenvalue weighted by atomic mass is 16.5. The Hall–Kier alpha value is -1.99. The largest absolute Gasteiger partial charge is 0.383 e. The zero-order valence-electron chi connectivity index (χ0n) is 12.0. The molecule has 0 aromatic carbocycles. The molecule has 1 aliphatic rings. The average molecular weight is 292 g/mol. The molecule has 0 saturated carbocycles. The number of piperazine rings is 1. The molecule has 1 fully saturated rings. The number of nitrogens with zero attached hydrogens (tertiary/aromatic N) is 2. The Morgan fingerprint density at radius 1 is 1.52 bits per heavy atom.